The molecule has 0 aliphatic heterocycles. The number of para-hydroxylation sites is 1. The smallest absolute Gasteiger partial charge is 0.113 e. The molecule has 0 radical (unpaired) electrons. The van der Waals surface area contributed by atoms with Crippen molar-refractivity contribution in [2.24, 2.45) is 0 Å². The fourth-order valence-corrected chi connectivity index (χ4v) is 2.23. The molecule has 2 aromatic carbocycles. The summed E-state index contributed by atoms with van der Waals surface area (Å²) in [4.78, 5) is 1.72. The molecule has 0 spiro atoms. The van der Waals surface area contributed by atoms with E-state index in [0.29, 0.717) is 0 Å². The Balaban J connectivity index is 2.07. The van der Waals surface area contributed by atoms with Gasteiger partial charge in [0.15, 0.2) is 0 Å². The molecule has 0 N–H and O–H groups in total. The molecule has 0 fully saturated rings. The molecule has 94 valence electrons. The molecule has 0 saturated carbocycles. The Hall–Kier alpha value is -2.42. The van der Waals surface area contributed by atoms with E-state index < -0.39 is 0 Å². The summed E-state index contributed by atoms with van der Waals surface area (Å²) in [6.45, 7) is 4.15. The van der Waals surface area contributed by atoms with Gasteiger partial charge in [-0.15, -0.1) is 5.10 Å². The van der Waals surface area contributed by atoms with Gasteiger partial charge in [-0.3, -0.25) is 0 Å². The minimum Gasteiger partial charge on any atom is -0.156 e. The summed E-state index contributed by atoms with van der Waals surface area (Å²) in [6.07, 6.45) is 1.81. The Morgan fingerprint density at radius 2 is 1.53 bits per heavy atom. The molecule has 1 heterocycles. The Labute approximate surface area is 112 Å². The molecule has 3 heteroatoms. The van der Waals surface area contributed by atoms with Crippen molar-refractivity contribution in [1.82, 2.24) is 15.0 Å². The first-order valence-electron chi connectivity index (χ1n) is 6.30. The van der Waals surface area contributed by atoms with Gasteiger partial charge in [-0.25, -0.2) is 0 Å². The molecular weight excluding hydrogens is 234 g/mol. The number of rotatable bonds is 2. The van der Waals surface area contributed by atoms with E-state index in [1.165, 1.54) is 11.1 Å². The van der Waals surface area contributed by atoms with Crippen molar-refractivity contribution in [1.29, 1.82) is 0 Å². The zero-order valence-electron chi connectivity index (χ0n) is 11.0. The number of hydrogen-bond donors (Lipinski definition) is 0. The van der Waals surface area contributed by atoms with Gasteiger partial charge in [-0.05, 0) is 25.0 Å². The lowest BCUT2D eigenvalue weighted by Crippen LogP contribution is -2.03. The maximum Gasteiger partial charge on any atom is 0.113 e. The molecule has 0 unspecified atom stereocenters. The summed E-state index contributed by atoms with van der Waals surface area (Å²) in [5, 5.41) is 8.97. The van der Waals surface area contributed by atoms with Gasteiger partial charge in [0, 0.05) is 5.56 Å². The minimum absolute atomic E-state index is 0.892. The van der Waals surface area contributed by atoms with Gasteiger partial charge in [0.25, 0.3) is 0 Å². The van der Waals surface area contributed by atoms with Crippen LogP contribution in [0.5, 0.6) is 0 Å². The lowest BCUT2D eigenvalue weighted by molar-refractivity contribution is 0.744. The molecule has 0 aliphatic rings. The maximum absolute atomic E-state index is 4.58. The van der Waals surface area contributed by atoms with Crippen LogP contribution in [-0.4, -0.2) is 15.0 Å². The first-order valence-corrected chi connectivity index (χ1v) is 6.30. The van der Waals surface area contributed by atoms with Crippen LogP contribution in [0, 0.1) is 13.8 Å². The summed E-state index contributed by atoms with van der Waals surface area (Å²) in [5.74, 6) is 0. The lowest BCUT2D eigenvalue weighted by atomic mass is 10.1. The predicted molar refractivity (Wildman–Crippen MR) is 76.3 cm³/mol. The van der Waals surface area contributed by atoms with E-state index in [-0.39, 0.29) is 0 Å². The fourth-order valence-electron chi connectivity index (χ4n) is 2.23. The van der Waals surface area contributed by atoms with Crippen LogP contribution < -0.4 is 0 Å². The average Bonchev–Trinajstić information content (AvgIpc) is 2.89. The highest BCUT2D eigenvalue weighted by Crippen LogP contribution is 2.20. The Morgan fingerprint density at radius 3 is 2.21 bits per heavy atom. The van der Waals surface area contributed by atoms with Crippen molar-refractivity contribution in [3.05, 3.63) is 65.9 Å². The van der Waals surface area contributed by atoms with E-state index in [4.69, 9.17) is 0 Å². The minimum atomic E-state index is 0.892. The summed E-state index contributed by atoms with van der Waals surface area (Å²) in [7, 11) is 0. The second-order valence-electron chi connectivity index (χ2n) is 4.63. The fraction of sp³-hybridized carbons (Fsp3) is 0.125. The van der Waals surface area contributed by atoms with Crippen molar-refractivity contribution < 1.29 is 0 Å². The largest absolute Gasteiger partial charge is 0.156 e. The van der Waals surface area contributed by atoms with Gasteiger partial charge in [0.05, 0.1) is 11.9 Å². The summed E-state index contributed by atoms with van der Waals surface area (Å²) in [5.41, 5.74) is 5.39. The SMILES string of the molecule is Cc1cccc(C)c1-n1ncc(-c2ccccc2)n1. The van der Waals surface area contributed by atoms with Crippen molar-refractivity contribution in [3.8, 4) is 16.9 Å². The normalized spacial score (nSPS) is 10.6. The summed E-state index contributed by atoms with van der Waals surface area (Å²) >= 11 is 0. The van der Waals surface area contributed by atoms with Crippen molar-refractivity contribution in [2.75, 3.05) is 0 Å². The highest BCUT2D eigenvalue weighted by molar-refractivity contribution is 5.57. The molecule has 3 rings (SSSR count). The highest BCUT2D eigenvalue weighted by atomic mass is 15.5. The Bertz CT molecular complexity index is 679. The third-order valence-electron chi connectivity index (χ3n) is 3.20. The molecule has 0 aliphatic carbocycles. The van der Waals surface area contributed by atoms with Gasteiger partial charge in [-0.1, -0.05) is 48.5 Å². The van der Waals surface area contributed by atoms with E-state index in [1.54, 1.807) is 11.0 Å². The molecule has 1 aromatic heterocycles. The number of aromatic nitrogens is 3. The first kappa shape index (κ1) is 11.7. The number of hydrogen-bond acceptors (Lipinski definition) is 2. The topological polar surface area (TPSA) is 30.7 Å². The second kappa shape index (κ2) is 4.69. The van der Waals surface area contributed by atoms with Gasteiger partial charge < -0.3 is 0 Å². The average molecular weight is 249 g/mol. The van der Waals surface area contributed by atoms with Crippen molar-refractivity contribution >= 4 is 0 Å². The third kappa shape index (κ3) is 2.15. The van der Waals surface area contributed by atoms with Crippen molar-refractivity contribution in [3.63, 3.8) is 0 Å². The zero-order chi connectivity index (χ0) is 13.2. The third-order valence-corrected chi connectivity index (χ3v) is 3.20. The van der Waals surface area contributed by atoms with Crippen LogP contribution in [0.1, 0.15) is 11.1 Å². The van der Waals surface area contributed by atoms with Gasteiger partial charge in [0.2, 0.25) is 0 Å². The highest BCUT2D eigenvalue weighted by Gasteiger charge is 2.09. The summed E-state index contributed by atoms with van der Waals surface area (Å²) in [6, 6.07) is 16.3. The lowest BCUT2D eigenvalue weighted by Gasteiger charge is -2.07. The van der Waals surface area contributed by atoms with E-state index in [1.807, 2.05) is 30.3 Å². The molecule has 0 atom stereocenters. The Kier molecular flexibility index (Phi) is 2.88. The van der Waals surface area contributed by atoms with Crippen LogP contribution in [0.15, 0.2) is 54.7 Å². The van der Waals surface area contributed by atoms with Gasteiger partial charge in [-0.2, -0.15) is 9.90 Å². The molecule has 3 nitrogen and oxygen atoms in total. The molecule has 0 bridgehead atoms. The van der Waals surface area contributed by atoms with E-state index >= 15 is 0 Å². The molecule has 0 saturated heterocycles. The predicted octanol–water partition coefficient (Wildman–Crippen LogP) is 3.55. The van der Waals surface area contributed by atoms with Crippen LogP contribution in [0.3, 0.4) is 0 Å². The van der Waals surface area contributed by atoms with E-state index in [2.05, 4.69) is 42.2 Å². The molecule has 0 amide bonds. The number of benzene rings is 2. The Morgan fingerprint density at radius 1 is 0.842 bits per heavy atom. The second-order valence-corrected chi connectivity index (χ2v) is 4.63. The van der Waals surface area contributed by atoms with Crippen LogP contribution in [0.4, 0.5) is 0 Å². The standard InChI is InChI=1S/C16H15N3/c1-12-7-6-8-13(2)16(12)19-17-11-15(18-19)14-9-4-3-5-10-14/h3-11H,1-2H3. The van der Waals surface area contributed by atoms with Crippen LogP contribution in [0.25, 0.3) is 16.9 Å². The van der Waals surface area contributed by atoms with Gasteiger partial charge in [0.1, 0.15) is 5.69 Å². The van der Waals surface area contributed by atoms with E-state index in [0.717, 1.165) is 16.9 Å². The molecule has 19 heavy (non-hydrogen) atoms. The molecule has 3 aromatic rings. The molecular formula is C16H15N3. The zero-order valence-corrected chi connectivity index (χ0v) is 11.0. The number of nitrogens with zero attached hydrogens (tertiary/aromatic N) is 3. The monoisotopic (exact) mass is 249 g/mol. The van der Waals surface area contributed by atoms with Crippen LogP contribution >= 0.6 is 0 Å². The maximum atomic E-state index is 4.58. The quantitative estimate of drug-likeness (QED) is 0.695. The van der Waals surface area contributed by atoms with Crippen LogP contribution in [-0.2, 0) is 0 Å². The number of aryl methyl sites for hydroxylation is 2. The van der Waals surface area contributed by atoms with Gasteiger partial charge >= 0.3 is 0 Å². The first-order chi connectivity index (χ1) is 9.25. The van der Waals surface area contributed by atoms with E-state index in [9.17, 15) is 0 Å². The van der Waals surface area contributed by atoms with Crippen LogP contribution in [0.2, 0.25) is 0 Å². The summed E-state index contributed by atoms with van der Waals surface area (Å²) < 4.78 is 0. The van der Waals surface area contributed by atoms with Crippen molar-refractivity contribution in [2.45, 2.75) is 13.8 Å².